The van der Waals surface area contributed by atoms with Crippen molar-refractivity contribution in [2.45, 2.75) is 48.5 Å². The van der Waals surface area contributed by atoms with Gasteiger partial charge in [0.15, 0.2) is 0 Å². The first-order valence-electron chi connectivity index (χ1n) is 7.44. The van der Waals surface area contributed by atoms with Gasteiger partial charge in [0.25, 0.3) is 0 Å². The van der Waals surface area contributed by atoms with Crippen molar-refractivity contribution in [1.29, 1.82) is 0 Å². The molecule has 0 heterocycles. The second-order valence-electron chi connectivity index (χ2n) is 6.66. The van der Waals surface area contributed by atoms with E-state index in [9.17, 15) is 0 Å². The summed E-state index contributed by atoms with van der Waals surface area (Å²) in [5.74, 6) is 0.718. The molecule has 0 aromatic heterocycles. The van der Waals surface area contributed by atoms with E-state index >= 15 is 0 Å². The minimum Gasteiger partial charge on any atom is -0.412 e. The van der Waals surface area contributed by atoms with E-state index in [0.29, 0.717) is 15.4 Å². The van der Waals surface area contributed by atoms with Crippen LogP contribution < -0.4 is 0 Å². The molecule has 1 saturated carbocycles. The van der Waals surface area contributed by atoms with E-state index in [1.165, 1.54) is 24.8 Å². The van der Waals surface area contributed by atoms with E-state index in [4.69, 9.17) is 11.6 Å². The fourth-order valence-electron chi connectivity index (χ4n) is 3.55. The smallest absolute Gasteiger partial charge is 0.0406 e. The number of alkyl halides is 1. The Morgan fingerprint density at radius 1 is 1.27 bits per heavy atom. The molecule has 3 atom stereocenters. The molecule has 0 saturated heterocycles. The van der Waals surface area contributed by atoms with Crippen LogP contribution in [0, 0.1) is 5.92 Å². The normalized spacial score (nSPS) is 25.2. The Morgan fingerprint density at radius 3 is 2.14 bits per heavy atom. The average Bonchev–Trinajstić information content (AvgIpc) is 2.38. The summed E-state index contributed by atoms with van der Waals surface area (Å²) >= 11 is 8.73. The van der Waals surface area contributed by atoms with Gasteiger partial charge in [-0.3, -0.25) is 0 Å². The number of hydrogen-bond acceptors (Lipinski definition) is 1. The van der Waals surface area contributed by atoms with Crippen LogP contribution in [-0.4, -0.2) is 34.4 Å². The number of halogens is 3. The number of nitrogens with zero attached hydrogens (tertiary/aromatic N) is 1. The van der Waals surface area contributed by atoms with Gasteiger partial charge in [-0.15, -0.1) is 12.4 Å². The summed E-state index contributed by atoms with van der Waals surface area (Å²) in [6.07, 6.45) is 3.86. The van der Waals surface area contributed by atoms with Crippen LogP contribution in [0.4, 0.5) is 0 Å². The van der Waals surface area contributed by atoms with Crippen molar-refractivity contribution < 1.29 is 5.48 Å². The quantitative estimate of drug-likeness (QED) is 0.462. The summed E-state index contributed by atoms with van der Waals surface area (Å²) in [6, 6.07) is 9.16. The van der Waals surface area contributed by atoms with Gasteiger partial charge < -0.3 is 10.4 Å². The molecule has 2 N–H and O–H groups in total. The highest BCUT2D eigenvalue weighted by Crippen LogP contribution is 2.53. The van der Waals surface area contributed by atoms with Gasteiger partial charge in [0.1, 0.15) is 0 Å². The van der Waals surface area contributed by atoms with E-state index in [2.05, 4.69) is 67.6 Å². The minimum atomic E-state index is 0. The molecule has 1 aliphatic carbocycles. The third kappa shape index (κ3) is 4.29. The van der Waals surface area contributed by atoms with Gasteiger partial charge >= 0.3 is 0 Å². The van der Waals surface area contributed by atoms with Crippen LogP contribution in [-0.2, 0) is 5.41 Å². The monoisotopic (exact) mass is 459 g/mol. The summed E-state index contributed by atoms with van der Waals surface area (Å²) in [4.78, 5) is 2.43. The first-order chi connectivity index (χ1) is 9.37. The SMILES string of the molecule is CC(C)CC(N(C)C)C1(c2ccc(Cl)cc2)CCC1I.Cl.O. The summed E-state index contributed by atoms with van der Waals surface area (Å²) in [7, 11) is 4.46. The summed E-state index contributed by atoms with van der Waals surface area (Å²) in [6.45, 7) is 4.65. The van der Waals surface area contributed by atoms with Crippen molar-refractivity contribution in [1.82, 2.24) is 4.90 Å². The lowest BCUT2D eigenvalue weighted by molar-refractivity contribution is 0.0934. The number of rotatable bonds is 5. The molecule has 2 rings (SSSR count). The molecule has 1 aromatic carbocycles. The van der Waals surface area contributed by atoms with Crippen molar-refractivity contribution in [3.05, 3.63) is 34.9 Å². The summed E-state index contributed by atoms with van der Waals surface area (Å²) < 4.78 is 0.715. The molecule has 128 valence electrons. The van der Waals surface area contributed by atoms with Crippen LogP contribution in [0.2, 0.25) is 5.02 Å². The first-order valence-corrected chi connectivity index (χ1v) is 9.07. The van der Waals surface area contributed by atoms with E-state index in [-0.39, 0.29) is 17.9 Å². The molecule has 22 heavy (non-hydrogen) atoms. The van der Waals surface area contributed by atoms with Gasteiger partial charge in [-0.25, -0.2) is 0 Å². The van der Waals surface area contributed by atoms with Crippen LogP contribution in [0.15, 0.2) is 24.3 Å². The standard InChI is InChI=1S/C17H25ClIN.ClH.H2O/c1-12(2)11-16(20(3)4)17(10-9-15(17)19)13-5-7-14(18)8-6-13;;/h5-8,12,15-16H,9-11H2,1-4H3;1H;1H2. The molecule has 0 aliphatic heterocycles. The second-order valence-corrected chi connectivity index (χ2v) is 8.60. The Morgan fingerprint density at radius 2 is 1.82 bits per heavy atom. The highest BCUT2D eigenvalue weighted by atomic mass is 127. The Bertz CT molecular complexity index is 452. The van der Waals surface area contributed by atoms with E-state index < -0.39 is 0 Å². The predicted molar refractivity (Wildman–Crippen MR) is 108 cm³/mol. The molecule has 2 nitrogen and oxygen atoms in total. The van der Waals surface area contributed by atoms with E-state index in [1.807, 2.05) is 12.1 Å². The maximum atomic E-state index is 6.07. The van der Waals surface area contributed by atoms with Gasteiger partial charge in [-0.2, -0.15) is 0 Å². The zero-order chi connectivity index (χ0) is 14.9. The van der Waals surface area contributed by atoms with E-state index in [0.717, 1.165) is 10.9 Å². The maximum absolute atomic E-state index is 6.07. The summed E-state index contributed by atoms with van der Waals surface area (Å²) in [5.41, 5.74) is 1.76. The zero-order valence-electron chi connectivity index (χ0n) is 13.8. The Balaban J connectivity index is 0.00000220. The Hall–Kier alpha value is 0.450. The second kappa shape index (κ2) is 9.07. The molecule has 0 bridgehead atoms. The fourth-order valence-corrected chi connectivity index (χ4v) is 5.07. The predicted octanol–water partition coefficient (Wildman–Crippen LogP) is 4.75. The minimum absolute atomic E-state index is 0. The highest BCUT2D eigenvalue weighted by molar-refractivity contribution is 14.1. The Kier molecular flexibility index (Phi) is 9.25. The lowest BCUT2D eigenvalue weighted by Gasteiger charge is -2.55. The van der Waals surface area contributed by atoms with Crippen LogP contribution in [0.5, 0.6) is 0 Å². The fraction of sp³-hybridized carbons (Fsp3) is 0.647. The number of hydrogen-bond donors (Lipinski definition) is 0. The molecule has 3 unspecified atom stereocenters. The molecule has 0 spiro atoms. The third-order valence-corrected chi connectivity index (χ3v) is 6.65. The molecule has 5 heteroatoms. The summed E-state index contributed by atoms with van der Waals surface area (Å²) in [5, 5.41) is 0.832. The lowest BCUT2D eigenvalue weighted by Crippen LogP contribution is -2.59. The van der Waals surface area contributed by atoms with Gasteiger partial charge in [0.05, 0.1) is 0 Å². The maximum Gasteiger partial charge on any atom is 0.0406 e. The molecule has 0 amide bonds. The van der Waals surface area contributed by atoms with Gasteiger partial charge in [-0.05, 0) is 57.0 Å². The van der Waals surface area contributed by atoms with Crippen molar-refractivity contribution in [2.24, 2.45) is 5.92 Å². The zero-order valence-corrected chi connectivity index (χ0v) is 17.5. The first kappa shape index (κ1) is 22.4. The highest BCUT2D eigenvalue weighted by Gasteiger charge is 2.52. The largest absolute Gasteiger partial charge is 0.412 e. The molecule has 1 aromatic rings. The van der Waals surface area contributed by atoms with Crippen LogP contribution >= 0.6 is 46.6 Å². The van der Waals surface area contributed by atoms with Gasteiger partial charge in [0.2, 0.25) is 0 Å². The molecular formula is C17H28Cl2INO. The van der Waals surface area contributed by atoms with Gasteiger partial charge in [-0.1, -0.05) is 60.2 Å². The van der Waals surface area contributed by atoms with E-state index in [1.54, 1.807) is 0 Å². The van der Waals surface area contributed by atoms with Crippen LogP contribution in [0.1, 0.15) is 38.7 Å². The molecule has 1 aliphatic rings. The van der Waals surface area contributed by atoms with Crippen molar-refractivity contribution in [3.63, 3.8) is 0 Å². The average molecular weight is 460 g/mol. The Labute approximate surface area is 159 Å². The van der Waals surface area contributed by atoms with Gasteiger partial charge in [0, 0.05) is 20.4 Å². The third-order valence-electron chi connectivity index (χ3n) is 4.66. The number of benzene rings is 1. The lowest BCUT2D eigenvalue weighted by atomic mass is 9.58. The molecule has 0 radical (unpaired) electrons. The van der Waals surface area contributed by atoms with Crippen molar-refractivity contribution in [2.75, 3.05) is 14.1 Å². The van der Waals surface area contributed by atoms with Crippen LogP contribution in [0.3, 0.4) is 0 Å². The van der Waals surface area contributed by atoms with Crippen molar-refractivity contribution >= 4 is 46.6 Å². The van der Waals surface area contributed by atoms with Crippen LogP contribution in [0.25, 0.3) is 0 Å². The van der Waals surface area contributed by atoms with Crippen molar-refractivity contribution in [3.8, 4) is 0 Å². The topological polar surface area (TPSA) is 34.7 Å². The number of likely N-dealkylation sites (N-methyl/N-ethyl adjacent to an activating group) is 1. The molecular weight excluding hydrogens is 432 g/mol. The molecule has 1 fully saturated rings.